The van der Waals surface area contributed by atoms with Gasteiger partial charge in [-0.05, 0) is 44.0 Å². The molecule has 148 valence electrons. The molecule has 2 N–H and O–H groups in total. The number of nitrogens with zero attached hydrogens (tertiary/aromatic N) is 1. The summed E-state index contributed by atoms with van der Waals surface area (Å²) in [4.78, 5) is 34.2. The Hall–Kier alpha value is -3.42. The van der Waals surface area contributed by atoms with Crippen molar-refractivity contribution < 1.29 is 19.2 Å². The van der Waals surface area contributed by atoms with Crippen LogP contribution in [-0.4, -0.2) is 22.5 Å². The Bertz CT molecular complexity index is 857. The van der Waals surface area contributed by atoms with Crippen molar-refractivity contribution >= 4 is 17.7 Å². The number of alkyl carbamates (subject to hydrolysis) is 1. The van der Waals surface area contributed by atoms with E-state index in [1.165, 1.54) is 12.1 Å². The van der Waals surface area contributed by atoms with E-state index in [9.17, 15) is 19.7 Å². The van der Waals surface area contributed by atoms with Gasteiger partial charge in [0.25, 0.3) is 11.6 Å². The largest absolute Gasteiger partial charge is 0.444 e. The highest BCUT2D eigenvalue weighted by Gasteiger charge is 2.16. The van der Waals surface area contributed by atoms with Crippen LogP contribution in [-0.2, 0) is 17.8 Å². The van der Waals surface area contributed by atoms with E-state index in [0.29, 0.717) is 5.56 Å². The van der Waals surface area contributed by atoms with E-state index >= 15 is 0 Å². The minimum atomic E-state index is -0.580. The topological polar surface area (TPSA) is 111 Å². The molecule has 0 aromatic heterocycles. The average molecular weight is 385 g/mol. The van der Waals surface area contributed by atoms with Crippen LogP contribution in [0.5, 0.6) is 0 Å². The van der Waals surface area contributed by atoms with Gasteiger partial charge in [-0.15, -0.1) is 0 Å². The molecule has 0 aliphatic heterocycles. The number of hydrogen-bond donors (Lipinski definition) is 2. The zero-order chi connectivity index (χ0) is 20.7. The zero-order valence-electron chi connectivity index (χ0n) is 16.0. The van der Waals surface area contributed by atoms with Crippen LogP contribution in [0.4, 0.5) is 10.5 Å². The molecular weight excluding hydrogens is 362 g/mol. The number of carbonyl (C=O) groups is 2. The van der Waals surface area contributed by atoms with Crippen LogP contribution in [0.1, 0.15) is 42.3 Å². The standard InChI is InChI=1S/C20H23N3O5/c1-20(2,3)28-19(25)22-13-15-5-4-6-16(11-15)18(24)21-12-14-7-9-17(10-8-14)23(26)27/h4-11H,12-13H2,1-3H3,(H,21,24)(H,22,25). The van der Waals surface area contributed by atoms with Gasteiger partial charge in [0.15, 0.2) is 0 Å². The molecule has 0 radical (unpaired) electrons. The number of amides is 2. The third kappa shape index (κ3) is 6.71. The molecule has 8 nitrogen and oxygen atoms in total. The second kappa shape index (κ2) is 8.98. The maximum atomic E-state index is 12.3. The second-order valence-electron chi connectivity index (χ2n) is 7.16. The maximum Gasteiger partial charge on any atom is 0.407 e. The minimum Gasteiger partial charge on any atom is -0.444 e. The molecule has 0 saturated carbocycles. The van der Waals surface area contributed by atoms with Gasteiger partial charge in [0.05, 0.1) is 4.92 Å². The highest BCUT2D eigenvalue weighted by atomic mass is 16.6. The molecule has 0 aliphatic carbocycles. The van der Waals surface area contributed by atoms with Gasteiger partial charge in [0.2, 0.25) is 0 Å². The lowest BCUT2D eigenvalue weighted by molar-refractivity contribution is -0.384. The van der Waals surface area contributed by atoms with Crippen LogP contribution < -0.4 is 10.6 Å². The first-order valence-electron chi connectivity index (χ1n) is 8.71. The summed E-state index contributed by atoms with van der Waals surface area (Å²) in [6.45, 7) is 5.82. The predicted molar refractivity (Wildman–Crippen MR) is 104 cm³/mol. The number of non-ortho nitro benzene ring substituents is 1. The van der Waals surface area contributed by atoms with Gasteiger partial charge >= 0.3 is 6.09 Å². The lowest BCUT2D eigenvalue weighted by atomic mass is 10.1. The van der Waals surface area contributed by atoms with E-state index < -0.39 is 16.6 Å². The molecule has 8 heteroatoms. The molecule has 0 saturated heterocycles. The fraction of sp³-hybridized carbons (Fsp3) is 0.300. The van der Waals surface area contributed by atoms with Crippen molar-refractivity contribution in [3.05, 3.63) is 75.3 Å². The molecule has 2 rings (SSSR count). The Kier molecular flexibility index (Phi) is 6.70. The molecule has 2 aromatic carbocycles. The van der Waals surface area contributed by atoms with Crippen molar-refractivity contribution in [2.45, 2.75) is 39.5 Å². The highest BCUT2D eigenvalue weighted by Crippen LogP contribution is 2.12. The molecule has 0 aliphatic rings. The van der Waals surface area contributed by atoms with Crippen LogP contribution in [0.3, 0.4) is 0 Å². The molecule has 28 heavy (non-hydrogen) atoms. The molecule has 0 bridgehead atoms. The quantitative estimate of drug-likeness (QED) is 0.583. The summed E-state index contributed by atoms with van der Waals surface area (Å²) in [5.41, 5.74) is 1.38. The van der Waals surface area contributed by atoms with Crippen molar-refractivity contribution in [2.75, 3.05) is 0 Å². The second-order valence-corrected chi connectivity index (χ2v) is 7.16. The first-order chi connectivity index (χ1) is 13.1. The molecule has 0 unspecified atom stereocenters. The van der Waals surface area contributed by atoms with Crippen LogP contribution in [0.2, 0.25) is 0 Å². The monoisotopic (exact) mass is 385 g/mol. The first kappa shape index (κ1) is 20.9. The Morgan fingerprint density at radius 1 is 1.00 bits per heavy atom. The zero-order valence-corrected chi connectivity index (χ0v) is 16.0. The van der Waals surface area contributed by atoms with Gasteiger partial charge in [0.1, 0.15) is 5.60 Å². The van der Waals surface area contributed by atoms with E-state index in [1.807, 2.05) is 0 Å². The van der Waals surface area contributed by atoms with E-state index in [1.54, 1.807) is 57.2 Å². The molecular formula is C20H23N3O5. The van der Waals surface area contributed by atoms with Crippen LogP contribution >= 0.6 is 0 Å². The molecule has 0 atom stereocenters. The van der Waals surface area contributed by atoms with Crippen LogP contribution in [0, 0.1) is 10.1 Å². The number of nitro benzene ring substituents is 1. The van der Waals surface area contributed by atoms with E-state index in [-0.39, 0.29) is 24.7 Å². The summed E-state index contributed by atoms with van der Waals surface area (Å²) in [6, 6.07) is 12.9. The predicted octanol–water partition coefficient (Wildman–Crippen LogP) is 3.55. The summed E-state index contributed by atoms with van der Waals surface area (Å²) < 4.78 is 5.18. The van der Waals surface area contributed by atoms with Gasteiger partial charge in [0, 0.05) is 30.8 Å². The summed E-state index contributed by atoms with van der Waals surface area (Å²) in [7, 11) is 0. The number of nitrogens with one attached hydrogen (secondary N) is 2. The lowest BCUT2D eigenvalue weighted by Gasteiger charge is -2.19. The fourth-order valence-corrected chi connectivity index (χ4v) is 2.33. The summed E-state index contributed by atoms with van der Waals surface area (Å²) in [5, 5.41) is 16.1. The van der Waals surface area contributed by atoms with Gasteiger partial charge < -0.3 is 15.4 Å². The average Bonchev–Trinajstić information content (AvgIpc) is 2.63. The van der Waals surface area contributed by atoms with Gasteiger partial charge in [-0.1, -0.05) is 24.3 Å². The number of rotatable bonds is 6. The van der Waals surface area contributed by atoms with E-state index in [2.05, 4.69) is 10.6 Å². The maximum absolute atomic E-state index is 12.3. The Morgan fingerprint density at radius 2 is 1.64 bits per heavy atom. The smallest absolute Gasteiger partial charge is 0.407 e. The number of hydrogen-bond acceptors (Lipinski definition) is 5. The van der Waals surface area contributed by atoms with Crippen molar-refractivity contribution in [2.24, 2.45) is 0 Å². The van der Waals surface area contributed by atoms with E-state index in [0.717, 1.165) is 11.1 Å². The van der Waals surface area contributed by atoms with Gasteiger partial charge in [-0.2, -0.15) is 0 Å². The highest BCUT2D eigenvalue weighted by molar-refractivity contribution is 5.94. The van der Waals surface area contributed by atoms with Gasteiger partial charge in [-0.25, -0.2) is 4.79 Å². The molecule has 0 heterocycles. The molecule has 0 fully saturated rings. The van der Waals surface area contributed by atoms with Crippen molar-refractivity contribution in [1.82, 2.24) is 10.6 Å². The third-order valence-corrected chi connectivity index (χ3v) is 3.63. The van der Waals surface area contributed by atoms with Crippen LogP contribution in [0.15, 0.2) is 48.5 Å². The fourth-order valence-electron chi connectivity index (χ4n) is 2.33. The number of carbonyl (C=O) groups excluding carboxylic acids is 2. The molecule has 2 amide bonds. The van der Waals surface area contributed by atoms with Crippen LogP contribution in [0.25, 0.3) is 0 Å². The van der Waals surface area contributed by atoms with E-state index in [4.69, 9.17) is 4.74 Å². The first-order valence-corrected chi connectivity index (χ1v) is 8.71. The number of benzene rings is 2. The third-order valence-electron chi connectivity index (χ3n) is 3.63. The summed E-state index contributed by atoms with van der Waals surface area (Å²) >= 11 is 0. The Labute approximate surface area is 163 Å². The molecule has 2 aromatic rings. The van der Waals surface area contributed by atoms with Gasteiger partial charge in [-0.3, -0.25) is 14.9 Å². The minimum absolute atomic E-state index is 0.000245. The van der Waals surface area contributed by atoms with Crippen molar-refractivity contribution in [3.8, 4) is 0 Å². The molecule has 0 spiro atoms. The normalized spacial score (nSPS) is 10.8. The van der Waals surface area contributed by atoms with Crippen molar-refractivity contribution in [1.29, 1.82) is 0 Å². The Morgan fingerprint density at radius 3 is 2.25 bits per heavy atom. The SMILES string of the molecule is CC(C)(C)OC(=O)NCc1cccc(C(=O)NCc2ccc([N+](=O)[O-])cc2)c1. The van der Waals surface area contributed by atoms with Crippen molar-refractivity contribution in [3.63, 3.8) is 0 Å². The summed E-state index contributed by atoms with van der Waals surface area (Å²) in [5.74, 6) is -0.280. The Balaban J connectivity index is 1.90. The summed E-state index contributed by atoms with van der Waals surface area (Å²) in [6.07, 6.45) is -0.527. The number of ether oxygens (including phenoxy) is 1. The lowest BCUT2D eigenvalue weighted by Crippen LogP contribution is -2.32. The number of nitro groups is 1.